The molecule has 11 nitrogen and oxygen atoms in total. The summed E-state index contributed by atoms with van der Waals surface area (Å²) in [5.74, 6) is 1.12. The van der Waals surface area contributed by atoms with E-state index in [1.165, 1.54) is 15.5 Å². The zero-order chi connectivity index (χ0) is 28.4. The monoisotopic (exact) mass is 538 g/mol. The molecule has 11 heteroatoms. The van der Waals surface area contributed by atoms with E-state index in [9.17, 15) is 14.9 Å². The Kier molecular flexibility index (Phi) is 7.11. The number of likely N-dealkylation sites (tertiary alicyclic amines) is 1. The van der Waals surface area contributed by atoms with Gasteiger partial charge >= 0.3 is 5.69 Å². The summed E-state index contributed by atoms with van der Waals surface area (Å²) in [4.78, 5) is 37.1. The van der Waals surface area contributed by atoms with Crippen LogP contribution in [-0.4, -0.2) is 55.1 Å². The number of nitrogens with one attached hydrogen (secondary N) is 1. The van der Waals surface area contributed by atoms with Crippen LogP contribution in [0.4, 0.5) is 5.82 Å². The van der Waals surface area contributed by atoms with E-state index in [2.05, 4.69) is 15.3 Å². The number of nitrogens with two attached hydrogens (primary N) is 1. The number of carbonyl (C=O) groups is 1. The molecule has 40 heavy (non-hydrogen) atoms. The van der Waals surface area contributed by atoms with Crippen molar-refractivity contribution in [3.8, 4) is 23.3 Å². The van der Waals surface area contributed by atoms with Gasteiger partial charge in [-0.3, -0.25) is 13.9 Å². The quantitative estimate of drug-likeness (QED) is 0.257. The summed E-state index contributed by atoms with van der Waals surface area (Å²) in [7, 11) is 1.77. The van der Waals surface area contributed by atoms with Crippen molar-refractivity contribution in [2.75, 3.05) is 19.3 Å². The number of carbonyl (C=O) groups excluding carboxylic acids is 1. The third kappa shape index (κ3) is 5.04. The molecule has 4 aromatic rings. The minimum Gasteiger partial charge on any atom is -0.457 e. The number of aromatic nitrogens is 4. The molecule has 1 atom stereocenters. The summed E-state index contributed by atoms with van der Waals surface area (Å²) >= 11 is 0. The molecular weight excluding hydrogens is 508 g/mol. The zero-order valence-electron chi connectivity index (χ0n) is 22.5. The van der Waals surface area contributed by atoms with Crippen molar-refractivity contribution < 1.29 is 9.53 Å². The summed E-state index contributed by atoms with van der Waals surface area (Å²) in [5.41, 5.74) is 6.73. The van der Waals surface area contributed by atoms with Crippen molar-refractivity contribution >= 4 is 22.9 Å². The van der Waals surface area contributed by atoms with Crippen LogP contribution in [0.5, 0.6) is 11.5 Å². The topological polar surface area (TPSA) is 144 Å². The van der Waals surface area contributed by atoms with Crippen molar-refractivity contribution in [2.45, 2.75) is 38.4 Å². The van der Waals surface area contributed by atoms with E-state index >= 15 is 0 Å². The number of hydrogen-bond acceptors (Lipinski definition) is 8. The molecule has 1 aliphatic rings. The molecule has 3 heterocycles. The second-order valence-electron chi connectivity index (χ2n) is 10.2. The largest absolute Gasteiger partial charge is 0.457 e. The van der Waals surface area contributed by atoms with Gasteiger partial charge in [-0.15, -0.1) is 0 Å². The molecule has 0 radical (unpaired) electrons. The number of para-hydroxylation sites is 1. The Morgan fingerprint density at radius 3 is 2.50 bits per heavy atom. The molecule has 3 N–H and O–H groups in total. The number of ether oxygens (including phenoxy) is 1. The average Bonchev–Trinajstić information content (AvgIpc) is 3.22. The molecule has 1 fully saturated rings. The Labute approximate surface area is 231 Å². The predicted octanol–water partition coefficient (Wildman–Crippen LogP) is 3.01. The van der Waals surface area contributed by atoms with Crippen LogP contribution < -0.4 is 21.5 Å². The Balaban J connectivity index is 1.46. The van der Waals surface area contributed by atoms with E-state index in [1.54, 1.807) is 42.3 Å². The van der Waals surface area contributed by atoms with E-state index in [-0.39, 0.29) is 35.6 Å². The lowest BCUT2D eigenvalue weighted by Crippen LogP contribution is -2.54. The van der Waals surface area contributed by atoms with Gasteiger partial charge in [-0.25, -0.2) is 14.8 Å². The second kappa shape index (κ2) is 10.7. The Morgan fingerprint density at radius 1 is 1.18 bits per heavy atom. The van der Waals surface area contributed by atoms with Gasteiger partial charge in [-0.05, 0) is 69.8 Å². The van der Waals surface area contributed by atoms with Gasteiger partial charge in [0.1, 0.15) is 35.0 Å². The first kappa shape index (κ1) is 26.6. The van der Waals surface area contributed by atoms with E-state index in [0.29, 0.717) is 41.3 Å². The molecule has 204 valence electrons. The molecule has 0 bridgehead atoms. The summed E-state index contributed by atoms with van der Waals surface area (Å²) in [6, 6.07) is 18.2. The number of nitriles is 1. The molecule has 0 aliphatic carbocycles. The lowest BCUT2D eigenvalue weighted by Gasteiger charge is -2.41. The van der Waals surface area contributed by atoms with Gasteiger partial charge in [-0.1, -0.05) is 18.2 Å². The number of likely N-dealkylation sites (N-methyl/N-ethyl adjacent to an activating group) is 1. The lowest BCUT2D eigenvalue weighted by atomic mass is 9.97. The number of benzene rings is 2. The van der Waals surface area contributed by atoms with Gasteiger partial charge in [0, 0.05) is 18.6 Å². The number of fused-ring (bicyclic) bond motifs is 1. The average molecular weight is 539 g/mol. The van der Waals surface area contributed by atoms with Crippen LogP contribution in [-0.2, 0) is 11.3 Å². The molecule has 0 saturated carbocycles. The molecule has 2 aromatic heterocycles. The number of nitrogens with zero attached hydrogens (tertiary/aromatic N) is 6. The van der Waals surface area contributed by atoms with Crippen LogP contribution in [0.2, 0.25) is 0 Å². The molecule has 0 spiro atoms. The van der Waals surface area contributed by atoms with E-state index in [0.717, 1.165) is 0 Å². The maximum atomic E-state index is 13.8. The first-order valence-corrected chi connectivity index (χ1v) is 12.9. The summed E-state index contributed by atoms with van der Waals surface area (Å²) in [6.45, 7) is 4.46. The number of amides is 1. The van der Waals surface area contributed by atoms with Crippen molar-refractivity contribution in [1.29, 1.82) is 5.26 Å². The van der Waals surface area contributed by atoms with Crippen molar-refractivity contribution in [1.82, 2.24) is 29.3 Å². The van der Waals surface area contributed by atoms with Crippen LogP contribution in [0.1, 0.15) is 20.3 Å². The Hall–Kier alpha value is -4.95. The highest BCUT2D eigenvalue weighted by molar-refractivity contribution is 5.98. The minimum atomic E-state index is -0.526. The normalized spacial score (nSPS) is 15.5. The minimum absolute atomic E-state index is 0.0585. The number of anilines is 1. The van der Waals surface area contributed by atoms with E-state index in [4.69, 9.17) is 10.5 Å². The van der Waals surface area contributed by atoms with Gasteiger partial charge in [0.05, 0.1) is 11.7 Å². The van der Waals surface area contributed by atoms with Crippen LogP contribution in [0, 0.1) is 11.3 Å². The van der Waals surface area contributed by atoms with E-state index in [1.807, 2.05) is 50.2 Å². The first-order valence-electron chi connectivity index (χ1n) is 12.9. The fraction of sp³-hybridized carbons (Fsp3) is 0.276. The molecule has 5 rings (SSSR count). The molecule has 1 saturated heterocycles. The first-order chi connectivity index (χ1) is 19.2. The number of nitrogen functional groups attached to an aromatic ring is 1. The third-order valence-corrected chi connectivity index (χ3v) is 7.11. The van der Waals surface area contributed by atoms with Crippen LogP contribution in [0.15, 0.2) is 77.4 Å². The summed E-state index contributed by atoms with van der Waals surface area (Å²) < 4.78 is 8.86. The van der Waals surface area contributed by atoms with Gasteiger partial charge in [0.25, 0.3) is 5.91 Å². The SMILES string of the molecule is CNC(C)(C)C=C(C#N)C(=O)N1CC[C@H]1Cn1c(=O)n(-c2ccc(Oc3ccccc3)cc2)c2c(N)ncnc21. The van der Waals surface area contributed by atoms with E-state index < -0.39 is 5.54 Å². The zero-order valence-corrected chi connectivity index (χ0v) is 22.5. The predicted molar refractivity (Wildman–Crippen MR) is 151 cm³/mol. The van der Waals surface area contributed by atoms with Crippen LogP contribution in [0.3, 0.4) is 0 Å². The molecule has 0 unspecified atom stereocenters. The van der Waals surface area contributed by atoms with Crippen molar-refractivity contribution in [3.05, 3.63) is 83.1 Å². The summed E-state index contributed by atoms with van der Waals surface area (Å²) in [5, 5.41) is 12.7. The van der Waals surface area contributed by atoms with Crippen molar-refractivity contribution in [3.63, 3.8) is 0 Å². The number of hydrogen-bond donors (Lipinski definition) is 2. The second-order valence-corrected chi connectivity index (χ2v) is 10.2. The van der Waals surface area contributed by atoms with Gasteiger partial charge in [0.2, 0.25) is 0 Å². The fourth-order valence-electron chi connectivity index (χ4n) is 4.63. The standard InChI is InChI=1S/C29H30N8O3/c1-29(2,32-3)15-19(16-30)27(38)35-14-13-21(35)17-36-26-24(25(31)33-18-34-26)37(28(36)39)20-9-11-23(12-10-20)40-22-7-5-4-6-8-22/h4-12,15,18,21,32H,13-14,17H2,1-3H3,(H2,31,33,34)/t21-/m0/s1. The highest BCUT2D eigenvalue weighted by atomic mass is 16.5. The maximum Gasteiger partial charge on any atom is 0.335 e. The number of rotatable bonds is 8. The van der Waals surface area contributed by atoms with Crippen molar-refractivity contribution in [2.24, 2.45) is 0 Å². The Bertz CT molecular complexity index is 1680. The van der Waals surface area contributed by atoms with Gasteiger partial charge < -0.3 is 20.7 Å². The van der Waals surface area contributed by atoms with Crippen LogP contribution in [0.25, 0.3) is 16.9 Å². The van der Waals surface area contributed by atoms with Crippen LogP contribution >= 0.6 is 0 Å². The molecule has 2 aromatic carbocycles. The molecule has 1 aliphatic heterocycles. The molecule has 1 amide bonds. The third-order valence-electron chi connectivity index (χ3n) is 7.11. The highest BCUT2D eigenvalue weighted by Crippen LogP contribution is 2.27. The van der Waals surface area contributed by atoms with Gasteiger partial charge in [-0.2, -0.15) is 5.26 Å². The number of imidazole rings is 1. The van der Waals surface area contributed by atoms with Gasteiger partial charge in [0.15, 0.2) is 11.5 Å². The fourth-order valence-corrected chi connectivity index (χ4v) is 4.63. The Morgan fingerprint density at radius 2 is 1.88 bits per heavy atom. The lowest BCUT2D eigenvalue weighted by molar-refractivity contribution is -0.134. The summed E-state index contributed by atoms with van der Waals surface area (Å²) in [6.07, 6.45) is 3.63. The maximum absolute atomic E-state index is 13.8. The molecular formula is C29H30N8O3. The smallest absolute Gasteiger partial charge is 0.335 e. The highest BCUT2D eigenvalue weighted by Gasteiger charge is 2.36.